The Bertz CT molecular complexity index is 805. The van der Waals surface area contributed by atoms with E-state index in [1.807, 2.05) is 30.3 Å². The minimum Gasteiger partial charge on any atom is -0.487 e. The van der Waals surface area contributed by atoms with Gasteiger partial charge in [-0.25, -0.2) is 4.99 Å². The van der Waals surface area contributed by atoms with Gasteiger partial charge in [0.05, 0.1) is 25.5 Å². The van der Waals surface area contributed by atoms with Crippen LogP contribution in [0.15, 0.2) is 53.7 Å². The van der Waals surface area contributed by atoms with Gasteiger partial charge in [-0.3, -0.25) is 9.88 Å². The zero-order valence-electron chi connectivity index (χ0n) is 19.6. The summed E-state index contributed by atoms with van der Waals surface area (Å²) in [5, 5.41) is 6.91. The van der Waals surface area contributed by atoms with Crippen LogP contribution in [0.1, 0.15) is 32.0 Å². The number of ether oxygens (including phenoxy) is 2. The molecule has 1 aliphatic rings. The highest BCUT2D eigenvalue weighted by Crippen LogP contribution is 2.15. The number of nitrogens with one attached hydrogen (secondary N) is 2. The molecule has 0 bridgehead atoms. The number of aromatic nitrogens is 1. The maximum absolute atomic E-state index is 5.82. The van der Waals surface area contributed by atoms with E-state index in [2.05, 4.69) is 53.4 Å². The molecule has 7 nitrogen and oxygen atoms in total. The maximum atomic E-state index is 5.82. The fourth-order valence-corrected chi connectivity index (χ4v) is 3.74. The minimum absolute atomic E-state index is 0.457. The average molecular weight is 440 g/mol. The summed E-state index contributed by atoms with van der Waals surface area (Å²) in [6.45, 7) is 13.0. The second-order valence-corrected chi connectivity index (χ2v) is 8.29. The summed E-state index contributed by atoms with van der Waals surface area (Å²) in [6, 6.07) is 14.4. The van der Waals surface area contributed by atoms with Crippen molar-refractivity contribution in [3.05, 3.63) is 59.9 Å². The fraction of sp³-hybridized carbons (Fsp3) is 0.520. The van der Waals surface area contributed by atoms with Crippen LogP contribution in [0.2, 0.25) is 0 Å². The summed E-state index contributed by atoms with van der Waals surface area (Å²) >= 11 is 0. The first kappa shape index (κ1) is 24.0. The number of guanidine groups is 1. The first-order valence-corrected chi connectivity index (χ1v) is 11.6. The molecular formula is C25H37N5O2. The predicted molar refractivity (Wildman–Crippen MR) is 129 cm³/mol. The van der Waals surface area contributed by atoms with Gasteiger partial charge in [0, 0.05) is 38.4 Å². The Hall–Kier alpha value is -2.64. The highest BCUT2D eigenvalue weighted by atomic mass is 16.5. The number of hydrogen-bond acceptors (Lipinski definition) is 5. The number of nitrogens with zero attached hydrogens (tertiary/aromatic N) is 3. The van der Waals surface area contributed by atoms with Gasteiger partial charge in [0.15, 0.2) is 5.96 Å². The van der Waals surface area contributed by atoms with Crippen molar-refractivity contribution < 1.29 is 9.47 Å². The molecule has 1 fully saturated rings. The van der Waals surface area contributed by atoms with E-state index in [1.54, 1.807) is 6.20 Å². The summed E-state index contributed by atoms with van der Waals surface area (Å²) in [7, 11) is 0. The van der Waals surface area contributed by atoms with Crippen LogP contribution in [0.3, 0.4) is 0 Å². The van der Waals surface area contributed by atoms with Crippen molar-refractivity contribution in [1.29, 1.82) is 0 Å². The molecule has 2 N–H and O–H groups in total. The maximum Gasteiger partial charge on any atom is 0.191 e. The topological polar surface area (TPSA) is 71.0 Å². The molecule has 0 amide bonds. The Morgan fingerprint density at radius 1 is 1.12 bits per heavy atom. The molecule has 0 aliphatic carbocycles. The number of benzene rings is 1. The van der Waals surface area contributed by atoms with Gasteiger partial charge < -0.3 is 20.1 Å². The predicted octanol–water partition coefficient (Wildman–Crippen LogP) is 3.07. The number of rotatable bonds is 10. The molecule has 32 heavy (non-hydrogen) atoms. The summed E-state index contributed by atoms with van der Waals surface area (Å²) in [5.41, 5.74) is 2.06. The van der Waals surface area contributed by atoms with Gasteiger partial charge in [-0.05, 0) is 42.7 Å². The lowest BCUT2D eigenvalue weighted by Gasteiger charge is -2.37. The molecule has 3 rings (SSSR count). The minimum atomic E-state index is 0.457. The van der Waals surface area contributed by atoms with Gasteiger partial charge in [-0.2, -0.15) is 0 Å². The first-order valence-electron chi connectivity index (χ1n) is 11.6. The molecule has 0 spiro atoms. The van der Waals surface area contributed by atoms with Crippen LogP contribution in [0.25, 0.3) is 0 Å². The number of hydrogen-bond donors (Lipinski definition) is 2. The SMILES string of the molecule is CCNC(=NCc1ccc(OCc2ccccn2)cc1)NCC(C(C)C)N1CCOCC1. The van der Waals surface area contributed by atoms with Crippen molar-refractivity contribution >= 4 is 5.96 Å². The van der Waals surface area contributed by atoms with Gasteiger partial charge in [0.2, 0.25) is 0 Å². The molecule has 2 aromatic rings. The zero-order valence-corrected chi connectivity index (χ0v) is 19.6. The lowest BCUT2D eigenvalue weighted by Crippen LogP contribution is -2.52. The highest BCUT2D eigenvalue weighted by molar-refractivity contribution is 5.79. The van der Waals surface area contributed by atoms with Crippen LogP contribution in [0.4, 0.5) is 0 Å². The first-order chi connectivity index (χ1) is 15.7. The molecule has 174 valence electrons. The third kappa shape index (κ3) is 7.80. The average Bonchev–Trinajstić information content (AvgIpc) is 2.83. The molecular weight excluding hydrogens is 402 g/mol. The largest absolute Gasteiger partial charge is 0.487 e. The lowest BCUT2D eigenvalue weighted by atomic mass is 10.0. The van der Waals surface area contributed by atoms with E-state index in [0.717, 1.165) is 62.4 Å². The van der Waals surface area contributed by atoms with Crippen LogP contribution in [-0.4, -0.2) is 61.3 Å². The molecule has 1 atom stereocenters. The Labute approximate surface area is 192 Å². The van der Waals surface area contributed by atoms with Crippen molar-refractivity contribution in [2.75, 3.05) is 39.4 Å². The molecule has 0 radical (unpaired) electrons. The van der Waals surface area contributed by atoms with E-state index >= 15 is 0 Å². The molecule has 1 aromatic carbocycles. The van der Waals surface area contributed by atoms with Crippen molar-refractivity contribution in [1.82, 2.24) is 20.5 Å². The monoisotopic (exact) mass is 439 g/mol. The quantitative estimate of drug-likeness (QED) is 0.438. The van der Waals surface area contributed by atoms with E-state index in [4.69, 9.17) is 14.5 Å². The lowest BCUT2D eigenvalue weighted by molar-refractivity contribution is 0.00752. The summed E-state index contributed by atoms with van der Waals surface area (Å²) in [4.78, 5) is 11.6. The van der Waals surface area contributed by atoms with Gasteiger partial charge in [-0.15, -0.1) is 0 Å². The summed E-state index contributed by atoms with van der Waals surface area (Å²) < 4.78 is 11.3. The Kier molecular flexibility index (Phi) is 9.78. The van der Waals surface area contributed by atoms with E-state index in [0.29, 0.717) is 25.1 Å². The van der Waals surface area contributed by atoms with E-state index < -0.39 is 0 Å². The summed E-state index contributed by atoms with van der Waals surface area (Å²) in [6.07, 6.45) is 1.78. The van der Waals surface area contributed by atoms with E-state index in [9.17, 15) is 0 Å². The fourth-order valence-electron chi connectivity index (χ4n) is 3.74. The van der Waals surface area contributed by atoms with E-state index in [1.165, 1.54) is 0 Å². The van der Waals surface area contributed by atoms with Crippen LogP contribution in [-0.2, 0) is 17.9 Å². The van der Waals surface area contributed by atoms with Crippen LogP contribution < -0.4 is 15.4 Å². The van der Waals surface area contributed by atoms with Gasteiger partial charge in [-0.1, -0.05) is 32.0 Å². The second-order valence-electron chi connectivity index (χ2n) is 8.29. The molecule has 1 unspecified atom stereocenters. The van der Waals surface area contributed by atoms with Crippen molar-refractivity contribution in [2.24, 2.45) is 10.9 Å². The second kappa shape index (κ2) is 13.0. The highest BCUT2D eigenvalue weighted by Gasteiger charge is 2.23. The Morgan fingerprint density at radius 2 is 1.91 bits per heavy atom. The number of pyridine rings is 1. The number of morpholine rings is 1. The van der Waals surface area contributed by atoms with Crippen LogP contribution in [0.5, 0.6) is 5.75 Å². The normalized spacial score (nSPS) is 16.1. The molecule has 1 aliphatic heterocycles. The smallest absolute Gasteiger partial charge is 0.191 e. The Balaban J connectivity index is 1.52. The Morgan fingerprint density at radius 3 is 2.56 bits per heavy atom. The van der Waals surface area contributed by atoms with E-state index in [-0.39, 0.29) is 0 Å². The van der Waals surface area contributed by atoms with Crippen LogP contribution in [0, 0.1) is 5.92 Å². The van der Waals surface area contributed by atoms with Crippen molar-refractivity contribution in [2.45, 2.75) is 40.0 Å². The van der Waals surface area contributed by atoms with Gasteiger partial charge in [0.25, 0.3) is 0 Å². The standard InChI is InChI=1S/C25H37N5O2/c1-4-26-25(29-18-24(20(2)3)30-13-15-31-16-14-30)28-17-21-8-10-23(11-9-21)32-19-22-7-5-6-12-27-22/h5-12,20,24H,4,13-19H2,1-3H3,(H2,26,28,29). The molecule has 7 heteroatoms. The zero-order chi connectivity index (χ0) is 22.6. The molecule has 2 heterocycles. The molecule has 0 saturated carbocycles. The van der Waals surface area contributed by atoms with Crippen molar-refractivity contribution in [3.8, 4) is 5.75 Å². The third-order valence-electron chi connectivity index (χ3n) is 5.56. The van der Waals surface area contributed by atoms with Gasteiger partial charge in [0.1, 0.15) is 12.4 Å². The van der Waals surface area contributed by atoms with Gasteiger partial charge >= 0.3 is 0 Å². The van der Waals surface area contributed by atoms with Crippen molar-refractivity contribution in [3.63, 3.8) is 0 Å². The summed E-state index contributed by atoms with van der Waals surface area (Å²) in [5.74, 6) is 2.24. The molecule has 1 aromatic heterocycles. The third-order valence-corrected chi connectivity index (χ3v) is 5.56. The number of aliphatic imine (C=N–C) groups is 1. The van der Waals surface area contributed by atoms with Crippen LogP contribution >= 0.6 is 0 Å². The molecule has 1 saturated heterocycles.